The van der Waals surface area contributed by atoms with E-state index in [0.29, 0.717) is 23.5 Å². The minimum Gasteiger partial charge on any atom is -0.368 e. The molecule has 1 aliphatic heterocycles. The summed E-state index contributed by atoms with van der Waals surface area (Å²) in [5, 5.41) is 6.82. The molecule has 0 saturated carbocycles. The molecule has 6 nitrogen and oxygen atoms in total. The van der Waals surface area contributed by atoms with Crippen LogP contribution in [0.3, 0.4) is 0 Å². The lowest BCUT2D eigenvalue weighted by atomic mass is 10.1. The van der Waals surface area contributed by atoms with Gasteiger partial charge < -0.3 is 9.80 Å². The normalized spacial score (nSPS) is 15.5. The third-order valence-corrected chi connectivity index (χ3v) is 7.64. The Morgan fingerprint density at radius 1 is 1.06 bits per heavy atom. The third-order valence-electron chi connectivity index (χ3n) is 6.11. The molecule has 32 heavy (non-hydrogen) atoms. The minimum atomic E-state index is -0.661. The van der Waals surface area contributed by atoms with Crippen LogP contribution in [0.5, 0.6) is 0 Å². The molecule has 0 radical (unpaired) electrons. The molecular weight excluding hydrogens is 444 g/mol. The Balaban J connectivity index is 1.39. The van der Waals surface area contributed by atoms with Crippen LogP contribution in [-0.2, 0) is 4.79 Å². The zero-order valence-corrected chi connectivity index (χ0v) is 19.5. The molecule has 0 N–H and O–H groups in total. The molecule has 2 aromatic carbocycles. The highest BCUT2D eigenvalue weighted by Gasteiger charge is 2.28. The Morgan fingerprint density at radius 2 is 1.75 bits per heavy atom. The highest BCUT2D eigenvalue weighted by molar-refractivity contribution is 7.26. The zero-order valence-electron chi connectivity index (χ0n) is 17.9. The summed E-state index contributed by atoms with van der Waals surface area (Å²) >= 11 is 7.56. The van der Waals surface area contributed by atoms with E-state index in [1.165, 1.54) is 4.68 Å². The molecule has 3 heterocycles. The van der Waals surface area contributed by atoms with E-state index >= 15 is 0 Å². The quantitative estimate of drug-likeness (QED) is 0.446. The van der Waals surface area contributed by atoms with Gasteiger partial charge in [0, 0.05) is 47.0 Å². The van der Waals surface area contributed by atoms with Crippen molar-refractivity contribution < 1.29 is 4.79 Å². The third kappa shape index (κ3) is 3.55. The molecule has 4 aromatic rings. The summed E-state index contributed by atoms with van der Waals surface area (Å²) in [6.07, 6.45) is 0. The highest BCUT2D eigenvalue weighted by Crippen LogP contribution is 2.33. The van der Waals surface area contributed by atoms with Gasteiger partial charge in [-0.2, -0.15) is 5.10 Å². The van der Waals surface area contributed by atoms with Gasteiger partial charge in [-0.1, -0.05) is 29.8 Å². The minimum absolute atomic E-state index is 0.0753. The number of rotatable bonds is 3. The maximum atomic E-state index is 13.4. The van der Waals surface area contributed by atoms with Gasteiger partial charge in [0.1, 0.15) is 6.04 Å². The van der Waals surface area contributed by atoms with E-state index in [2.05, 4.69) is 10.00 Å². The number of hydrogen-bond donors (Lipinski definition) is 0. The maximum absolute atomic E-state index is 13.4. The number of benzene rings is 2. The van der Waals surface area contributed by atoms with E-state index < -0.39 is 6.04 Å². The molecule has 0 bridgehead atoms. The largest absolute Gasteiger partial charge is 0.368 e. The second-order valence-electron chi connectivity index (χ2n) is 8.10. The number of aryl methyl sites for hydroxylation is 1. The Morgan fingerprint density at radius 3 is 2.47 bits per heavy atom. The average molecular weight is 467 g/mol. The molecule has 2 aromatic heterocycles. The van der Waals surface area contributed by atoms with E-state index in [-0.39, 0.29) is 11.5 Å². The van der Waals surface area contributed by atoms with E-state index in [1.54, 1.807) is 18.3 Å². The first-order valence-electron chi connectivity index (χ1n) is 10.6. The Labute approximate surface area is 194 Å². The fourth-order valence-corrected chi connectivity index (χ4v) is 5.61. The van der Waals surface area contributed by atoms with Gasteiger partial charge in [-0.05, 0) is 44.2 Å². The summed E-state index contributed by atoms with van der Waals surface area (Å²) in [6, 6.07) is 15.0. The first-order chi connectivity index (χ1) is 15.4. The number of amides is 1. The number of carbonyl (C=O) groups excluding carboxylic acids is 1. The summed E-state index contributed by atoms with van der Waals surface area (Å²) in [6.45, 7) is 6.33. The van der Waals surface area contributed by atoms with Gasteiger partial charge in [-0.15, -0.1) is 11.3 Å². The van der Waals surface area contributed by atoms with Gasteiger partial charge in [0.15, 0.2) is 0 Å². The number of nitrogens with zero attached hydrogens (tertiary/aromatic N) is 4. The van der Waals surface area contributed by atoms with Crippen molar-refractivity contribution in [3.8, 4) is 0 Å². The number of carbonyl (C=O) groups is 1. The van der Waals surface area contributed by atoms with E-state index in [1.807, 2.05) is 60.4 Å². The molecule has 0 aliphatic carbocycles. The zero-order chi connectivity index (χ0) is 22.4. The molecule has 1 fully saturated rings. The second-order valence-corrected chi connectivity index (χ2v) is 9.59. The number of halogens is 1. The summed E-state index contributed by atoms with van der Waals surface area (Å²) in [5.74, 6) is -0.0753. The SMILES string of the molecule is Cc1nn([C@H](C)C(=O)N2CCN(c3ccc(Cl)cc3)CC2)c(=O)c2c1sc1ccccc12. The van der Waals surface area contributed by atoms with Gasteiger partial charge in [-0.3, -0.25) is 9.59 Å². The lowest BCUT2D eigenvalue weighted by molar-refractivity contribution is -0.135. The molecule has 5 rings (SSSR count). The van der Waals surface area contributed by atoms with Crippen LogP contribution >= 0.6 is 22.9 Å². The smallest absolute Gasteiger partial charge is 0.276 e. The van der Waals surface area contributed by atoms with Crippen LogP contribution in [-0.4, -0.2) is 46.8 Å². The standard InChI is InChI=1S/C24H23ClN4O2S/c1-15-22-21(19-5-3-4-6-20(19)32-22)24(31)29(26-15)16(2)23(30)28-13-11-27(12-14-28)18-9-7-17(25)8-10-18/h3-10,16H,11-14H2,1-2H3/t16-/m1/s1. The van der Waals surface area contributed by atoms with Crippen molar-refractivity contribution in [3.63, 3.8) is 0 Å². The van der Waals surface area contributed by atoms with Crippen molar-refractivity contribution in [2.45, 2.75) is 19.9 Å². The maximum Gasteiger partial charge on any atom is 0.276 e. The van der Waals surface area contributed by atoms with Crippen molar-refractivity contribution in [2.75, 3.05) is 31.1 Å². The van der Waals surface area contributed by atoms with Crippen molar-refractivity contribution >= 4 is 54.7 Å². The van der Waals surface area contributed by atoms with Crippen molar-refractivity contribution in [1.82, 2.24) is 14.7 Å². The predicted octanol–water partition coefficient (Wildman–Crippen LogP) is 4.48. The second kappa shape index (κ2) is 8.22. The fraction of sp³-hybridized carbons (Fsp3) is 0.292. The van der Waals surface area contributed by atoms with Crippen LogP contribution < -0.4 is 10.5 Å². The van der Waals surface area contributed by atoms with Crippen LogP contribution in [0.25, 0.3) is 20.2 Å². The van der Waals surface area contributed by atoms with Gasteiger partial charge in [0.2, 0.25) is 5.91 Å². The number of thiophene rings is 1. The molecular formula is C24H23ClN4O2S. The van der Waals surface area contributed by atoms with Crippen LogP contribution in [0.2, 0.25) is 5.02 Å². The molecule has 0 spiro atoms. The number of anilines is 1. The van der Waals surface area contributed by atoms with Crippen molar-refractivity contribution in [3.05, 3.63) is 69.6 Å². The number of aromatic nitrogens is 2. The Kier molecular flexibility index (Phi) is 5.39. The van der Waals surface area contributed by atoms with Crippen LogP contribution in [0.15, 0.2) is 53.3 Å². The predicted molar refractivity (Wildman–Crippen MR) is 131 cm³/mol. The summed E-state index contributed by atoms with van der Waals surface area (Å²) in [5.41, 5.74) is 1.66. The average Bonchev–Trinajstić information content (AvgIpc) is 3.22. The molecule has 8 heteroatoms. The molecule has 1 saturated heterocycles. The van der Waals surface area contributed by atoms with Crippen LogP contribution in [0.1, 0.15) is 18.7 Å². The lowest BCUT2D eigenvalue weighted by Crippen LogP contribution is -2.51. The number of piperazine rings is 1. The fourth-order valence-electron chi connectivity index (χ4n) is 4.35. The summed E-state index contributed by atoms with van der Waals surface area (Å²) < 4.78 is 3.31. The van der Waals surface area contributed by atoms with E-state index in [4.69, 9.17) is 11.6 Å². The molecule has 1 amide bonds. The van der Waals surface area contributed by atoms with Gasteiger partial charge >= 0.3 is 0 Å². The lowest BCUT2D eigenvalue weighted by Gasteiger charge is -2.37. The molecule has 1 atom stereocenters. The van der Waals surface area contributed by atoms with Crippen LogP contribution in [0.4, 0.5) is 5.69 Å². The highest BCUT2D eigenvalue weighted by atomic mass is 35.5. The van der Waals surface area contributed by atoms with Gasteiger partial charge in [-0.25, -0.2) is 4.68 Å². The van der Waals surface area contributed by atoms with Gasteiger partial charge in [0.25, 0.3) is 5.56 Å². The summed E-state index contributed by atoms with van der Waals surface area (Å²) in [7, 11) is 0. The first kappa shape index (κ1) is 21.0. The van der Waals surface area contributed by atoms with E-state index in [0.717, 1.165) is 39.3 Å². The van der Waals surface area contributed by atoms with Crippen LogP contribution in [0, 0.1) is 6.92 Å². The van der Waals surface area contributed by atoms with E-state index in [9.17, 15) is 9.59 Å². The monoisotopic (exact) mass is 466 g/mol. The molecule has 164 valence electrons. The Bertz CT molecular complexity index is 1370. The Hall–Kier alpha value is -2.90. The topological polar surface area (TPSA) is 58.4 Å². The summed E-state index contributed by atoms with van der Waals surface area (Å²) in [4.78, 5) is 30.7. The number of hydrogen-bond acceptors (Lipinski definition) is 5. The van der Waals surface area contributed by atoms with Gasteiger partial charge in [0.05, 0.1) is 15.8 Å². The van der Waals surface area contributed by atoms with Crippen molar-refractivity contribution in [2.24, 2.45) is 0 Å². The number of fused-ring (bicyclic) bond motifs is 3. The first-order valence-corrected chi connectivity index (χ1v) is 11.8. The molecule has 0 unspecified atom stereocenters. The van der Waals surface area contributed by atoms with Crippen molar-refractivity contribution in [1.29, 1.82) is 0 Å². The molecule has 1 aliphatic rings.